The van der Waals surface area contributed by atoms with Crippen molar-refractivity contribution in [2.75, 3.05) is 20.8 Å². The lowest BCUT2D eigenvalue weighted by Gasteiger charge is -2.46. The molecule has 0 spiro atoms. The Balaban J connectivity index is 3.17. The zero-order valence-electron chi connectivity index (χ0n) is 13.3. The summed E-state index contributed by atoms with van der Waals surface area (Å²) in [6.07, 6.45) is -5.94. The fourth-order valence-electron chi connectivity index (χ4n) is 2.52. The Morgan fingerprint density at radius 1 is 1.43 bits per heavy atom. The van der Waals surface area contributed by atoms with Crippen molar-refractivity contribution < 1.29 is 39.1 Å². The van der Waals surface area contributed by atoms with Gasteiger partial charge in [0.1, 0.15) is 12.2 Å². The van der Waals surface area contributed by atoms with Gasteiger partial charge in [-0.1, -0.05) is 0 Å². The number of nitrogens with two attached hydrogens (primary N) is 1. The van der Waals surface area contributed by atoms with E-state index in [1.807, 2.05) is 0 Å². The minimum absolute atomic E-state index is 0.290. The zero-order valence-corrected chi connectivity index (χ0v) is 13.3. The molecule has 0 aromatic heterocycles. The van der Waals surface area contributed by atoms with Gasteiger partial charge in [0.25, 0.3) is 5.79 Å². The van der Waals surface area contributed by atoms with Crippen molar-refractivity contribution in [1.82, 2.24) is 5.32 Å². The number of nitrogens with one attached hydrogen (secondary N) is 1. The standard InChI is InChI=1S/C13H24N2O8/c1-6(16)15-9-7(17)4-13(22-3,12(20)21-2)23-11(9)10(19)8(18)5-14/h7-11,17-19H,4-5,14H2,1-3H3,(H,15,16)/t7-,8+,9+,10+,11?,13-/m0/s1. The third-order valence-electron chi connectivity index (χ3n) is 3.74. The first-order chi connectivity index (χ1) is 10.7. The highest BCUT2D eigenvalue weighted by Crippen LogP contribution is 2.33. The molecule has 1 saturated heterocycles. The second-order valence-corrected chi connectivity index (χ2v) is 5.32. The van der Waals surface area contributed by atoms with Crippen molar-refractivity contribution in [3.05, 3.63) is 0 Å². The molecule has 0 aromatic rings. The van der Waals surface area contributed by atoms with Crippen LogP contribution in [0.15, 0.2) is 0 Å². The molecule has 134 valence electrons. The van der Waals surface area contributed by atoms with Gasteiger partial charge in [-0.15, -0.1) is 0 Å². The molecule has 0 aromatic carbocycles. The SMILES string of the molecule is COC(=O)[C@]1(OC)C[C@H](O)[C@@H](NC(C)=O)C([C@H](O)[C@H](O)CN)O1. The lowest BCUT2D eigenvalue weighted by atomic mass is 9.88. The third-order valence-corrected chi connectivity index (χ3v) is 3.74. The highest BCUT2D eigenvalue weighted by molar-refractivity contribution is 5.78. The maximum atomic E-state index is 12.0. The van der Waals surface area contributed by atoms with E-state index in [9.17, 15) is 24.9 Å². The van der Waals surface area contributed by atoms with Crippen LogP contribution in [-0.4, -0.2) is 84.2 Å². The summed E-state index contributed by atoms with van der Waals surface area (Å²) in [6, 6.07) is -1.07. The van der Waals surface area contributed by atoms with Gasteiger partial charge in [-0.25, -0.2) is 4.79 Å². The summed E-state index contributed by atoms with van der Waals surface area (Å²) >= 11 is 0. The summed E-state index contributed by atoms with van der Waals surface area (Å²) in [6.45, 7) is 0.927. The van der Waals surface area contributed by atoms with Crippen LogP contribution in [0.4, 0.5) is 0 Å². The Labute approximate surface area is 133 Å². The molecule has 1 aliphatic rings. The van der Waals surface area contributed by atoms with Gasteiger partial charge in [-0.2, -0.15) is 0 Å². The molecule has 0 saturated carbocycles. The van der Waals surface area contributed by atoms with E-state index in [0.717, 1.165) is 7.11 Å². The van der Waals surface area contributed by atoms with Crippen LogP contribution in [-0.2, 0) is 23.8 Å². The monoisotopic (exact) mass is 336 g/mol. The number of carbonyl (C=O) groups excluding carboxylic acids is 2. The number of esters is 1. The van der Waals surface area contributed by atoms with Crippen LogP contribution in [0, 0.1) is 0 Å². The normalized spacial score (nSPS) is 33.6. The first kappa shape index (κ1) is 19.7. The smallest absolute Gasteiger partial charge is 0.366 e. The summed E-state index contributed by atoms with van der Waals surface area (Å²) in [5.74, 6) is -3.37. The van der Waals surface area contributed by atoms with E-state index in [4.69, 9.17) is 15.2 Å². The Hall–Kier alpha value is -1.30. The van der Waals surface area contributed by atoms with Crippen molar-refractivity contribution in [1.29, 1.82) is 0 Å². The molecule has 0 bridgehead atoms. The van der Waals surface area contributed by atoms with Gasteiger partial charge < -0.3 is 40.6 Å². The maximum absolute atomic E-state index is 12.0. The second kappa shape index (κ2) is 7.99. The maximum Gasteiger partial charge on any atom is 0.366 e. The van der Waals surface area contributed by atoms with Crippen LogP contribution in [0.25, 0.3) is 0 Å². The van der Waals surface area contributed by atoms with Crippen molar-refractivity contribution in [3.8, 4) is 0 Å². The molecule has 1 unspecified atom stereocenters. The molecule has 1 rings (SSSR count). The topological polar surface area (TPSA) is 161 Å². The average molecular weight is 336 g/mol. The van der Waals surface area contributed by atoms with Crippen LogP contribution >= 0.6 is 0 Å². The Kier molecular flexibility index (Phi) is 6.86. The minimum atomic E-state index is -1.97. The summed E-state index contributed by atoms with van der Waals surface area (Å²) in [5, 5.41) is 32.7. The number of rotatable bonds is 6. The number of aliphatic hydroxyl groups is 3. The van der Waals surface area contributed by atoms with Crippen molar-refractivity contribution in [3.63, 3.8) is 0 Å². The van der Waals surface area contributed by atoms with Gasteiger partial charge in [0.2, 0.25) is 5.91 Å². The summed E-state index contributed by atoms with van der Waals surface area (Å²) < 4.78 is 15.2. The minimum Gasteiger partial charge on any atom is -0.465 e. The first-order valence-corrected chi connectivity index (χ1v) is 7.05. The third kappa shape index (κ3) is 4.16. The van der Waals surface area contributed by atoms with Gasteiger partial charge in [0.05, 0.1) is 25.4 Å². The molecule has 1 fully saturated rings. The van der Waals surface area contributed by atoms with Crippen molar-refractivity contribution >= 4 is 11.9 Å². The van der Waals surface area contributed by atoms with Gasteiger partial charge >= 0.3 is 5.97 Å². The molecule has 10 nitrogen and oxygen atoms in total. The summed E-state index contributed by atoms with van der Waals surface area (Å²) in [5.41, 5.74) is 5.31. The van der Waals surface area contributed by atoms with Crippen LogP contribution in [0.3, 0.4) is 0 Å². The number of methoxy groups -OCH3 is 2. The van der Waals surface area contributed by atoms with Crippen LogP contribution in [0.5, 0.6) is 0 Å². The number of hydrogen-bond acceptors (Lipinski definition) is 9. The Morgan fingerprint density at radius 2 is 2.04 bits per heavy atom. The number of hydrogen-bond donors (Lipinski definition) is 5. The quantitative estimate of drug-likeness (QED) is 0.315. The molecular formula is C13H24N2O8. The van der Waals surface area contributed by atoms with Crippen LogP contribution < -0.4 is 11.1 Å². The number of amides is 1. The van der Waals surface area contributed by atoms with E-state index in [0.29, 0.717) is 0 Å². The molecule has 1 heterocycles. The molecule has 6 N–H and O–H groups in total. The lowest BCUT2D eigenvalue weighted by Crippen LogP contribution is -2.68. The Bertz CT molecular complexity index is 434. The van der Waals surface area contributed by atoms with E-state index < -0.39 is 48.1 Å². The first-order valence-electron chi connectivity index (χ1n) is 7.05. The largest absolute Gasteiger partial charge is 0.465 e. The molecule has 0 radical (unpaired) electrons. The van der Waals surface area contributed by atoms with Gasteiger partial charge in [0.15, 0.2) is 0 Å². The highest BCUT2D eigenvalue weighted by atomic mass is 16.7. The van der Waals surface area contributed by atoms with E-state index >= 15 is 0 Å². The van der Waals surface area contributed by atoms with E-state index in [1.165, 1.54) is 14.0 Å². The lowest BCUT2D eigenvalue weighted by molar-refractivity contribution is -0.304. The second-order valence-electron chi connectivity index (χ2n) is 5.32. The predicted octanol–water partition coefficient (Wildman–Crippen LogP) is -3.16. The molecule has 10 heteroatoms. The van der Waals surface area contributed by atoms with Gasteiger partial charge in [-0.3, -0.25) is 4.79 Å². The van der Waals surface area contributed by atoms with Crippen molar-refractivity contribution in [2.24, 2.45) is 5.73 Å². The number of carbonyl (C=O) groups is 2. The molecule has 1 aliphatic heterocycles. The summed E-state index contributed by atoms with van der Waals surface area (Å²) in [7, 11) is 2.28. The summed E-state index contributed by atoms with van der Waals surface area (Å²) in [4.78, 5) is 23.3. The molecule has 6 atom stereocenters. The molecule has 1 amide bonds. The van der Waals surface area contributed by atoms with Crippen molar-refractivity contribution in [2.45, 2.75) is 49.6 Å². The van der Waals surface area contributed by atoms with Gasteiger partial charge in [0, 0.05) is 27.0 Å². The van der Waals surface area contributed by atoms with E-state index in [-0.39, 0.29) is 13.0 Å². The fourth-order valence-corrected chi connectivity index (χ4v) is 2.52. The number of aliphatic hydroxyl groups excluding tert-OH is 3. The Morgan fingerprint density at radius 3 is 2.48 bits per heavy atom. The van der Waals surface area contributed by atoms with E-state index in [2.05, 4.69) is 10.1 Å². The van der Waals surface area contributed by atoms with Crippen LogP contribution in [0.1, 0.15) is 13.3 Å². The fraction of sp³-hybridized carbons (Fsp3) is 0.846. The van der Waals surface area contributed by atoms with Gasteiger partial charge in [-0.05, 0) is 0 Å². The average Bonchev–Trinajstić information content (AvgIpc) is 2.53. The molecule has 23 heavy (non-hydrogen) atoms. The molecular weight excluding hydrogens is 312 g/mol. The predicted molar refractivity (Wildman–Crippen MR) is 75.9 cm³/mol. The van der Waals surface area contributed by atoms with E-state index in [1.54, 1.807) is 0 Å². The highest BCUT2D eigenvalue weighted by Gasteiger charge is 2.55. The zero-order chi connectivity index (χ0) is 17.8. The number of ether oxygens (including phenoxy) is 3. The molecule has 0 aliphatic carbocycles. The van der Waals surface area contributed by atoms with Crippen LogP contribution in [0.2, 0.25) is 0 Å².